The van der Waals surface area contributed by atoms with Gasteiger partial charge in [0.1, 0.15) is 11.6 Å². The lowest BCUT2D eigenvalue weighted by molar-refractivity contribution is -0.112. The molecule has 1 amide bonds. The minimum absolute atomic E-state index is 0.0766. The number of carbonyl (C=O) groups excluding carboxylic acids is 1. The molecule has 0 aliphatic heterocycles. The van der Waals surface area contributed by atoms with E-state index in [4.69, 9.17) is 27.9 Å². The molecule has 24 heavy (non-hydrogen) atoms. The van der Waals surface area contributed by atoms with Gasteiger partial charge in [-0.25, -0.2) is 0 Å². The van der Waals surface area contributed by atoms with E-state index in [1.807, 2.05) is 12.1 Å². The van der Waals surface area contributed by atoms with Gasteiger partial charge >= 0.3 is 0 Å². The van der Waals surface area contributed by atoms with Crippen molar-refractivity contribution in [3.63, 3.8) is 0 Å². The van der Waals surface area contributed by atoms with Gasteiger partial charge in [0.05, 0.1) is 17.2 Å². The lowest BCUT2D eigenvalue weighted by Crippen LogP contribution is -2.13. The van der Waals surface area contributed by atoms with Crippen molar-refractivity contribution in [3.05, 3.63) is 62.1 Å². The zero-order valence-corrected chi connectivity index (χ0v) is 15.5. The van der Waals surface area contributed by atoms with Gasteiger partial charge in [-0.3, -0.25) is 4.79 Å². The first kappa shape index (κ1) is 18.3. The highest BCUT2D eigenvalue weighted by atomic mass is 79.9. The molecular formula is C17H11BrCl2N2O2. The van der Waals surface area contributed by atoms with Crippen LogP contribution in [0, 0.1) is 11.3 Å². The summed E-state index contributed by atoms with van der Waals surface area (Å²) >= 11 is 15.4. The number of methoxy groups -OCH3 is 1. The molecule has 0 aliphatic rings. The SMILES string of the molecule is COc1c(Cl)cc(/C=C(/C#N)C(=O)Nc2cccc(Br)c2)cc1Cl. The van der Waals surface area contributed by atoms with E-state index in [0.717, 1.165) is 4.47 Å². The molecule has 2 aromatic carbocycles. The normalized spacial score (nSPS) is 10.9. The van der Waals surface area contributed by atoms with Crippen LogP contribution >= 0.6 is 39.1 Å². The number of ether oxygens (including phenoxy) is 1. The Bertz CT molecular complexity index is 837. The Labute approximate surface area is 157 Å². The number of halogens is 3. The Kier molecular flexibility index (Phi) is 6.27. The predicted octanol–water partition coefficient (Wildman–Crippen LogP) is 5.31. The predicted molar refractivity (Wildman–Crippen MR) is 99.4 cm³/mol. The summed E-state index contributed by atoms with van der Waals surface area (Å²) in [7, 11) is 1.45. The third-order valence-electron chi connectivity index (χ3n) is 2.98. The highest BCUT2D eigenvalue weighted by Crippen LogP contribution is 2.34. The van der Waals surface area contributed by atoms with E-state index in [2.05, 4.69) is 21.2 Å². The van der Waals surface area contributed by atoms with Crippen LogP contribution in [0.4, 0.5) is 5.69 Å². The highest BCUT2D eigenvalue weighted by molar-refractivity contribution is 9.10. The van der Waals surface area contributed by atoms with Gasteiger partial charge in [0.2, 0.25) is 0 Å². The van der Waals surface area contributed by atoms with Gasteiger partial charge in [-0.05, 0) is 42.0 Å². The summed E-state index contributed by atoms with van der Waals surface area (Å²) in [6.07, 6.45) is 1.41. The molecule has 0 fully saturated rings. The first-order valence-corrected chi connectivity index (χ1v) is 8.21. The quantitative estimate of drug-likeness (QED) is 0.533. The van der Waals surface area contributed by atoms with Crippen LogP contribution in [-0.2, 0) is 4.79 Å². The summed E-state index contributed by atoms with van der Waals surface area (Å²) in [4.78, 5) is 12.2. The molecule has 0 bridgehead atoms. The summed E-state index contributed by atoms with van der Waals surface area (Å²) < 4.78 is 5.88. The Hall–Kier alpha value is -2.00. The molecule has 2 rings (SSSR count). The van der Waals surface area contributed by atoms with E-state index in [-0.39, 0.29) is 5.57 Å². The van der Waals surface area contributed by atoms with Crippen molar-refractivity contribution in [3.8, 4) is 11.8 Å². The van der Waals surface area contributed by atoms with Crippen LogP contribution in [0.5, 0.6) is 5.75 Å². The van der Waals surface area contributed by atoms with E-state index in [1.54, 1.807) is 30.3 Å². The second-order valence-corrected chi connectivity index (χ2v) is 6.38. The smallest absolute Gasteiger partial charge is 0.266 e. The molecule has 0 aromatic heterocycles. The third kappa shape index (κ3) is 4.51. The molecule has 0 unspecified atom stereocenters. The largest absolute Gasteiger partial charge is 0.494 e. The van der Waals surface area contributed by atoms with Gasteiger partial charge in [-0.1, -0.05) is 45.2 Å². The zero-order valence-electron chi connectivity index (χ0n) is 12.4. The summed E-state index contributed by atoms with van der Waals surface area (Å²) in [5, 5.41) is 12.5. The Morgan fingerprint density at radius 2 is 1.96 bits per heavy atom. The van der Waals surface area contributed by atoms with E-state index in [9.17, 15) is 10.1 Å². The molecule has 4 nitrogen and oxygen atoms in total. The lowest BCUT2D eigenvalue weighted by Gasteiger charge is -2.07. The summed E-state index contributed by atoms with van der Waals surface area (Å²) in [6.45, 7) is 0. The van der Waals surface area contributed by atoms with E-state index >= 15 is 0 Å². The van der Waals surface area contributed by atoms with E-state index in [1.165, 1.54) is 13.2 Å². The fourth-order valence-corrected chi connectivity index (χ4v) is 3.00. The van der Waals surface area contributed by atoms with Crippen LogP contribution in [0.25, 0.3) is 6.08 Å². The van der Waals surface area contributed by atoms with Crippen LogP contribution in [0.3, 0.4) is 0 Å². The first-order chi connectivity index (χ1) is 11.4. The van der Waals surface area contributed by atoms with Crippen LogP contribution in [0.15, 0.2) is 46.4 Å². The summed E-state index contributed by atoms with van der Waals surface area (Å²) in [5.41, 5.74) is 1.01. The molecule has 0 saturated carbocycles. The zero-order chi connectivity index (χ0) is 17.7. The second-order valence-electron chi connectivity index (χ2n) is 4.65. The number of nitrogens with one attached hydrogen (secondary N) is 1. The van der Waals surface area contributed by atoms with Crippen LogP contribution in [-0.4, -0.2) is 13.0 Å². The molecule has 7 heteroatoms. The van der Waals surface area contributed by atoms with Crippen LogP contribution in [0.2, 0.25) is 10.0 Å². The van der Waals surface area contributed by atoms with Crippen LogP contribution in [0.1, 0.15) is 5.56 Å². The van der Waals surface area contributed by atoms with Gasteiger partial charge in [-0.2, -0.15) is 5.26 Å². The monoisotopic (exact) mass is 424 g/mol. The highest BCUT2D eigenvalue weighted by Gasteiger charge is 2.12. The van der Waals surface area contributed by atoms with Gasteiger partial charge < -0.3 is 10.1 Å². The first-order valence-electron chi connectivity index (χ1n) is 6.66. The Morgan fingerprint density at radius 1 is 1.29 bits per heavy atom. The number of amides is 1. The number of carbonyl (C=O) groups is 1. The van der Waals surface area contributed by atoms with Gasteiger partial charge in [0.15, 0.2) is 5.75 Å². The van der Waals surface area contributed by atoms with Gasteiger partial charge in [0.25, 0.3) is 5.91 Å². The fourth-order valence-electron chi connectivity index (χ4n) is 1.94. The number of nitriles is 1. The number of anilines is 1. The number of nitrogens with zero attached hydrogens (tertiary/aromatic N) is 1. The third-order valence-corrected chi connectivity index (χ3v) is 4.04. The molecule has 2 aromatic rings. The molecule has 0 aliphatic carbocycles. The average molecular weight is 426 g/mol. The maximum absolute atomic E-state index is 12.2. The standard InChI is InChI=1S/C17H11BrCl2N2O2/c1-24-16-14(19)6-10(7-15(16)20)5-11(9-21)17(23)22-13-4-2-3-12(18)8-13/h2-8H,1H3,(H,22,23)/b11-5-. The van der Waals surface area contributed by atoms with E-state index < -0.39 is 5.91 Å². The number of hydrogen-bond donors (Lipinski definition) is 1. The average Bonchev–Trinajstić information content (AvgIpc) is 2.52. The molecule has 0 saturated heterocycles. The molecule has 0 radical (unpaired) electrons. The molecular weight excluding hydrogens is 415 g/mol. The number of benzene rings is 2. The van der Waals surface area contributed by atoms with Gasteiger partial charge in [-0.15, -0.1) is 0 Å². The maximum atomic E-state index is 12.2. The molecule has 1 N–H and O–H groups in total. The number of hydrogen-bond acceptors (Lipinski definition) is 3. The van der Waals surface area contributed by atoms with Crippen molar-refractivity contribution in [2.45, 2.75) is 0 Å². The van der Waals surface area contributed by atoms with Crippen LogP contribution < -0.4 is 10.1 Å². The molecule has 0 spiro atoms. The van der Waals surface area contributed by atoms with Crippen molar-refractivity contribution < 1.29 is 9.53 Å². The Morgan fingerprint density at radius 3 is 2.50 bits per heavy atom. The van der Waals surface area contributed by atoms with Gasteiger partial charge in [0, 0.05) is 10.2 Å². The lowest BCUT2D eigenvalue weighted by atomic mass is 10.1. The van der Waals surface area contributed by atoms with Crippen molar-refractivity contribution in [2.75, 3.05) is 12.4 Å². The molecule has 0 atom stereocenters. The van der Waals surface area contributed by atoms with E-state index in [0.29, 0.717) is 27.0 Å². The minimum Gasteiger partial charge on any atom is -0.494 e. The maximum Gasteiger partial charge on any atom is 0.266 e. The second kappa shape index (κ2) is 8.20. The topological polar surface area (TPSA) is 62.1 Å². The van der Waals surface area contributed by atoms with Crippen molar-refractivity contribution >= 4 is 56.8 Å². The van der Waals surface area contributed by atoms with Crippen molar-refractivity contribution in [2.24, 2.45) is 0 Å². The Balaban J connectivity index is 2.29. The summed E-state index contributed by atoms with van der Waals surface area (Å²) in [5.74, 6) is -0.189. The fraction of sp³-hybridized carbons (Fsp3) is 0.0588. The minimum atomic E-state index is -0.529. The summed E-state index contributed by atoms with van der Waals surface area (Å²) in [6, 6.07) is 12.1. The van der Waals surface area contributed by atoms with Crippen molar-refractivity contribution in [1.29, 1.82) is 5.26 Å². The molecule has 0 heterocycles. The number of rotatable bonds is 4. The molecule has 122 valence electrons. The van der Waals surface area contributed by atoms with Crippen molar-refractivity contribution in [1.82, 2.24) is 0 Å².